The number of hydrogen-bond donors (Lipinski definition) is 1. The molecule has 0 atom stereocenters. The highest BCUT2D eigenvalue weighted by molar-refractivity contribution is 5.85. The quantitative estimate of drug-likeness (QED) is 0.865. The maximum Gasteiger partial charge on any atom is 0.418 e. The molecule has 6 heteroatoms. The van der Waals surface area contributed by atoms with Crippen molar-refractivity contribution in [3.63, 3.8) is 0 Å². The van der Waals surface area contributed by atoms with E-state index in [0.717, 1.165) is 31.1 Å². The minimum atomic E-state index is -4.45. The molecule has 1 aliphatic rings. The molecule has 108 valence electrons. The average molecular weight is 285 g/mol. The topological polar surface area (TPSA) is 40.5 Å². The first-order valence-electron chi connectivity index (χ1n) is 6.25. The van der Waals surface area contributed by atoms with Crippen LogP contribution in [-0.4, -0.2) is 24.2 Å². The molecule has 0 spiro atoms. The van der Waals surface area contributed by atoms with Crippen molar-refractivity contribution < 1.29 is 23.1 Å². The normalized spacial score (nSPS) is 16.1. The van der Waals surface area contributed by atoms with Crippen LogP contribution in [0.15, 0.2) is 24.3 Å². The standard InChI is InChI=1S/C14H14F3NO2/c15-14(16,17)11-9-10(4-6-13(19)20)3-5-12(11)18-7-1-2-8-18/h3-6,9H,1-2,7-8H2,(H,19,20)/b6-4+. The molecule has 0 amide bonds. The van der Waals surface area contributed by atoms with Gasteiger partial charge < -0.3 is 10.0 Å². The highest BCUT2D eigenvalue weighted by atomic mass is 19.4. The molecule has 1 heterocycles. The molecule has 0 aliphatic carbocycles. The van der Waals surface area contributed by atoms with Crippen molar-refractivity contribution in [2.75, 3.05) is 18.0 Å². The second kappa shape index (κ2) is 5.56. The zero-order chi connectivity index (χ0) is 14.8. The fourth-order valence-electron chi connectivity index (χ4n) is 2.29. The first kappa shape index (κ1) is 14.4. The van der Waals surface area contributed by atoms with Gasteiger partial charge in [0.2, 0.25) is 0 Å². The van der Waals surface area contributed by atoms with Crippen LogP contribution >= 0.6 is 0 Å². The number of carboxylic acid groups (broad SMARTS) is 1. The number of alkyl halides is 3. The minimum absolute atomic E-state index is 0.169. The Morgan fingerprint density at radius 1 is 1.25 bits per heavy atom. The van der Waals surface area contributed by atoms with Gasteiger partial charge in [0.15, 0.2) is 0 Å². The molecule has 3 nitrogen and oxygen atoms in total. The molecular formula is C14H14F3NO2. The lowest BCUT2D eigenvalue weighted by Gasteiger charge is -2.23. The lowest BCUT2D eigenvalue weighted by molar-refractivity contribution is -0.137. The van der Waals surface area contributed by atoms with Crippen LogP contribution in [0.25, 0.3) is 6.08 Å². The summed E-state index contributed by atoms with van der Waals surface area (Å²) in [5.41, 5.74) is -0.322. The van der Waals surface area contributed by atoms with Crippen LogP contribution in [0.1, 0.15) is 24.0 Å². The van der Waals surface area contributed by atoms with Crippen LogP contribution in [-0.2, 0) is 11.0 Å². The molecule has 1 N–H and O–H groups in total. The van der Waals surface area contributed by atoms with Crippen molar-refractivity contribution in [3.8, 4) is 0 Å². The van der Waals surface area contributed by atoms with E-state index in [1.165, 1.54) is 12.1 Å². The van der Waals surface area contributed by atoms with E-state index in [0.29, 0.717) is 13.1 Å². The second-order valence-electron chi connectivity index (χ2n) is 4.64. The van der Waals surface area contributed by atoms with Crippen LogP contribution in [0.2, 0.25) is 0 Å². The Morgan fingerprint density at radius 2 is 1.90 bits per heavy atom. The molecule has 0 saturated carbocycles. The van der Waals surface area contributed by atoms with Crippen molar-refractivity contribution in [1.82, 2.24) is 0 Å². The Bertz CT molecular complexity index is 532. The number of carboxylic acids is 1. The molecular weight excluding hydrogens is 271 g/mol. The monoisotopic (exact) mass is 285 g/mol. The molecule has 1 saturated heterocycles. The Hall–Kier alpha value is -1.98. The highest BCUT2D eigenvalue weighted by Crippen LogP contribution is 2.38. The molecule has 1 aromatic carbocycles. The lowest BCUT2D eigenvalue weighted by atomic mass is 10.1. The number of halogens is 3. The number of nitrogens with zero attached hydrogens (tertiary/aromatic N) is 1. The van der Waals surface area contributed by atoms with Crippen molar-refractivity contribution in [2.45, 2.75) is 19.0 Å². The third kappa shape index (κ3) is 3.31. The molecule has 1 aromatic rings. The van der Waals surface area contributed by atoms with E-state index in [1.807, 2.05) is 0 Å². The summed E-state index contributed by atoms with van der Waals surface area (Å²) < 4.78 is 39.3. The molecule has 1 fully saturated rings. The van der Waals surface area contributed by atoms with Gasteiger partial charge >= 0.3 is 12.1 Å². The molecule has 0 unspecified atom stereocenters. The summed E-state index contributed by atoms with van der Waals surface area (Å²) in [5, 5.41) is 8.51. The van der Waals surface area contributed by atoms with E-state index in [4.69, 9.17) is 5.11 Å². The fraction of sp³-hybridized carbons (Fsp3) is 0.357. The zero-order valence-electron chi connectivity index (χ0n) is 10.7. The lowest BCUT2D eigenvalue weighted by Crippen LogP contribution is -2.22. The first-order valence-corrected chi connectivity index (χ1v) is 6.25. The summed E-state index contributed by atoms with van der Waals surface area (Å²) >= 11 is 0. The van der Waals surface area contributed by atoms with E-state index >= 15 is 0 Å². The molecule has 0 aromatic heterocycles. The Balaban J connectivity index is 2.40. The third-order valence-corrected chi connectivity index (χ3v) is 3.19. The fourth-order valence-corrected chi connectivity index (χ4v) is 2.29. The third-order valence-electron chi connectivity index (χ3n) is 3.19. The molecule has 1 aliphatic heterocycles. The van der Waals surface area contributed by atoms with Gasteiger partial charge in [-0.25, -0.2) is 4.79 Å². The van der Waals surface area contributed by atoms with Gasteiger partial charge in [0, 0.05) is 24.9 Å². The Kier molecular flexibility index (Phi) is 4.01. The number of hydrogen-bond acceptors (Lipinski definition) is 2. The SMILES string of the molecule is O=C(O)/C=C/c1ccc(N2CCCC2)c(C(F)(F)F)c1. The van der Waals surface area contributed by atoms with Gasteiger partial charge in [0.25, 0.3) is 0 Å². The number of anilines is 1. The second-order valence-corrected chi connectivity index (χ2v) is 4.64. The van der Waals surface area contributed by atoms with Gasteiger partial charge in [0.05, 0.1) is 5.56 Å². The summed E-state index contributed by atoms with van der Waals surface area (Å²) in [6.07, 6.45) is -0.697. The van der Waals surface area contributed by atoms with Crippen molar-refractivity contribution >= 4 is 17.7 Å². The predicted molar refractivity (Wildman–Crippen MR) is 69.6 cm³/mol. The summed E-state index contributed by atoms with van der Waals surface area (Å²) in [6, 6.07) is 3.91. The predicted octanol–water partition coefficient (Wildman–Crippen LogP) is 3.40. The number of rotatable bonds is 3. The highest BCUT2D eigenvalue weighted by Gasteiger charge is 2.35. The van der Waals surface area contributed by atoms with Crippen molar-refractivity contribution in [3.05, 3.63) is 35.4 Å². The van der Waals surface area contributed by atoms with Crippen LogP contribution in [0, 0.1) is 0 Å². The number of aliphatic carboxylic acids is 1. The van der Waals surface area contributed by atoms with E-state index < -0.39 is 17.7 Å². The molecule has 20 heavy (non-hydrogen) atoms. The first-order chi connectivity index (χ1) is 9.38. The van der Waals surface area contributed by atoms with Gasteiger partial charge in [-0.1, -0.05) is 6.07 Å². The molecule has 2 rings (SSSR count). The molecule has 0 radical (unpaired) electrons. The van der Waals surface area contributed by atoms with E-state index in [2.05, 4.69) is 0 Å². The number of carbonyl (C=O) groups is 1. The zero-order valence-corrected chi connectivity index (χ0v) is 10.7. The van der Waals surface area contributed by atoms with E-state index in [1.54, 1.807) is 4.90 Å². The van der Waals surface area contributed by atoms with E-state index in [9.17, 15) is 18.0 Å². The van der Waals surface area contributed by atoms with Gasteiger partial charge in [-0.2, -0.15) is 13.2 Å². The Labute approximate surface area is 114 Å². The molecule has 0 bridgehead atoms. The summed E-state index contributed by atoms with van der Waals surface area (Å²) in [7, 11) is 0. The van der Waals surface area contributed by atoms with Crippen LogP contribution in [0.4, 0.5) is 18.9 Å². The van der Waals surface area contributed by atoms with Gasteiger partial charge in [-0.3, -0.25) is 0 Å². The Morgan fingerprint density at radius 3 is 2.45 bits per heavy atom. The van der Waals surface area contributed by atoms with Gasteiger partial charge in [0.1, 0.15) is 0 Å². The van der Waals surface area contributed by atoms with Crippen molar-refractivity contribution in [2.24, 2.45) is 0 Å². The van der Waals surface area contributed by atoms with Crippen LogP contribution < -0.4 is 4.90 Å². The summed E-state index contributed by atoms with van der Waals surface area (Å²) in [5.74, 6) is -1.19. The van der Waals surface area contributed by atoms with Crippen molar-refractivity contribution in [1.29, 1.82) is 0 Å². The minimum Gasteiger partial charge on any atom is -0.478 e. The van der Waals surface area contributed by atoms with Gasteiger partial charge in [-0.15, -0.1) is 0 Å². The smallest absolute Gasteiger partial charge is 0.418 e. The number of benzene rings is 1. The summed E-state index contributed by atoms with van der Waals surface area (Å²) in [6.45, 7) is 1.24. The maximum atomic E-state index is 13.1. The van der Waals surface area contributed by atoms with Crippen LogP contribution in [0.3, 0.4) is 0 Å². The maximum absolute atomic E-state index is 13.1. The van der Waals surface area contributed by atoms with Crippen LogP contribution in [0.5, 0.6) is 0 Å². The summed E-state index contributed by atoms with van der Waals surface area (Å²) in [4.78, 5) is 12.1. The average Bonchev–Trinajstić information content (AvgIpc) is 2.88. The van der Waals surface area contributed by atoms with E-state index in [-0.39, 0.29) is 11.3 Å². The van der Waals surface area contributed by atoms with Gasteiger partial charge in [-0.05, 0) is 36.6 Å². The largest absolute Gasteiger partial charge is 0.478 e.